The normalized spacial score (nSPS) is 18.3. The highest BCUT2D eigenvalue weighted by molar-refractivity contribution is 5.96. The van der Waals surface area contributed by atoms with E-state index in [2.05, 4.69) is 17.1 Å². The van der Waals surface area contributed by atoms with Gasteiger partial charge in [0.05, 0.1) is 4.92 Å². The van der Waals surface area contributed by atoms with Gasteiger partial charge in [0.2, 0.25) is 0 Å². The fourth-order valence-electron chi connectivity index (χ4n) is 3.46. The van der Waals surface area contributed by atoms with Crippen molar-refractivity contribution in [3.05, 3.63) is 39.4 Å². The Labute approximate surface area is 143 Å². The van der Waals surface area contributed by atoms with Gasteiger partial charge >= 0.3 is 0 Å². The zero-order valence-corrected chi connectivity index (χ0v) is 14.6. The Morgan fingerprint density at radius 3 is 2.92 bits per heavy atom. The minimum Gasteiger partial charge on any atom is -0.352 e. The molecule has 132 valence electrons. The molecule has 1 amide bonds. The number of carbonyl (C=O) groups excluding carboxylic acids is 1. The van der Waals surface area contributed by atoms with Gasteiger partial charge in [-0.05, 0) is 45.2 Å². The van der Waals surface area contributed by atoms with Crippen molar-refractivity contribution in [1.82, 2.24) is 10.2 Å². The molecule has 0 radical (unpaired) electrons. The average molecular weight is 333 g/mol. The monoisotopic (exact) mass is 333 g/mol. The smallest absolute Gasteiger partial charge is 0.273 e. The number of hydrogen-bond acceptors (Lipinski definition) is 4. The van der Waals surface area contributed by atoms with Crippen LogP contribution in [0.5, 0.6) is 0 Å². The average Bonchev–Trinajstić information content (AvgIpc) is 2.58. The molecule has 0 unspecified atom stereocenters. The van der Waals surface area contributed by atoms with Crippen LogP contribution < -0.4 is 5.32 Å². The molecule has 1 fully saturated rings. The summed E-state index contributed by atoms with van der Waals surface area (Å²) in [6.07, 6.45) is 5.93. The SMILES string of the molecule is CC[C@H]1CCCCN1CCCNC(=O)c1cccc([N+](=O)[O-])c1C. The van der Waals surface area contributed by atoms with Crippen molar-refractivity contribution in [2.45, 2.75) is 52.0 Å². The molecule has 0 spiro atoms. The maximum absolute atomic E-state index is 12.3. The summed E-state index contributed by atoms with van der Waals surface area (Å²) in [5.41, 5.74) is 0.789. The maximum Gasteiger partial charge on any atom is 0.273 e. The first kappa shape index (κ1) is 18.4. The van der Waals surface area contributed by atoms with Crippen molar-refractivity contribution in [3.63, 3.8) is 0 Å². The van der Waals surface area contributed by atoms with E-state index < -0.39 is 4.92 Å². The van der Waals surface area contributed by atoms with Gasteiger partial charge in [0.1, 0.15) is 0 Å². The van der Waals surface area contributed by atoms with Crippen LogP contribution in [0.4, 0.5) is 5.69 Å². The molecule has 0 saturated carbocycles. The number of nitrogens with zero attached hydrogens (tertiary/aromatic N) is 2. The molecule has 0 aliphatic carbocycles. The molecule has 1 heterocycles. The van der Waals surface area contributed by atoms with Gasteiger partial charge in [-0.25, -0.2) is 0 Å². The van der Waals surface area contributed by atoms with Crippen LogP contribution >= 0.6 is 0 Å². The number of nitrogens with one attached hydrogen (secondary N) is 1. The molecule has 1 aromatic rings. The van der Waals surface area contributed by atoms with Crippen LogP contribution in [-0.4, -0.2) is 41.4 Å². The lowest BCUT2D eigenvalue weighted by atomic mass is 10.00. The Morgan fingerprint density at radius 1 is 1.42 bits per heavy atom. The van der Waals surface area contributed by atoms with Crippen molar-refractivity contribution in [3.8, 4) is 0 Å². The zero-order chi connectivity index (χ0) is 17.5. The summed E-state index contributed by atoms with van der Waals surface area (Å²) < 4.78 is 0. The molecule has 1 N–H and O–H groups in total. The first-order valence-electron chi connectivity index (χ1n) is 8.80. The van der Waals surface area contributed by atoms with Gasteiger partial charge in [0, 0.05) is 36.3 Å². The molecule has 6 heteroatoms. The third-order valence-electron chi connectivity index (χ3n) is 4.87. The Hall–Kier alpha value is -1.95. The molecule has 1 saturated heterocycles. The van der Waals surface area contributed by atoms with Crippen molar-refractivity contribution in [2.75, 3.05) is 19.6 Å². The number of hydrogen-bond donors (Lipinski definition) is 1. The molecular weight excluding hydrogens is 306 g/mol. The van der Waals surface area contributed by atoms with Crippen LogP contribution in [0.1, 0.15) is 54.9 Å². The van der Waals surface area contributed by atoms with Crippen LogP contribution in [0.15, 0.2) is 18.2 Å². The van der Waals surface area contributed by atoms with Crippen molar-refractivity contribution in [1.29, 1.82) is 0 Å². The Balaban J connectivity index is 1.83. The first-order chi connectivity index (χ1) is 11.5. The fourth-order valence-corrected chi connectivity index (χ4v) is 3.46. The van der Waals surface area contributed by atoms with E-state index in [0.29, 0.717) is 23.7 Å². The minimum absolute atomic E-state index is 0.0123. The van der Waals surface area contributed by atoms with E-state index >= 15 is 0 Å². The third-order valence-corrected chi connectivity index (χ3v) is 4.87. The molecule has 0 bridgehead atoms. The molecule has 1 aromatic carbocycles. The maximum atomic E-state index is 12.3. The topological polar surface area (TPSA) is 75.5 Å². The number of likely N-dealkylation sites (tertiary alicyclic amines) is 1. The largest absolute Gasteiger partial charge is 0.352 e. The van der Waals surface area contributed by atoms with Crippen LogP contribution in [0, 0.1) is 17.0 Å². The first-order valence-corrected chi connectivity index (χ1v) is 8.80. The lowest BCUT2D eigenvalue weighted by Crippen LogP contribution is -2.40. The lowest BCUT2D eigenvalue weighted by Gasteiger charge is -2.35. The second-order valence-corrected chi connectivity index (χ2v) is 6.41. The van der Waals surface area contributed by atoms with E-state index in [9.17, 15) is 14.9 Å². The molecule has 1 atom stereocenters. The Bertz CT molecular complexity index is 589. The molecule has 1 aliphatic heterocycles. The number of nitro benzene ring substituents is 1. The van der Waals surface area contributed by atoms with E-state index in [0.717, 1.165) is 19.5 Å². The highest BCUT2D eigenvalue weighted by Gasteiger charge is 2.20. The predicted octanol–water partition coefficient (Wildman–Crippen LogP) is 3.29. The van der Waals surface area contributed by atoms with E-state index in [1.54, 1.807) is 19.1 Å². The second-order valence-electron chi connectivity index (χ2n) is 6.41. The number of carbonyl (C=O) groups is 1. The molecule has 6 nitrogen and oxygen atoms in total. The highest BCUT2D eigenvalue weighted by Crippen LogP contribution is 2.21. The lowest BCUT2D eigenvalue weighted by molar-refractivity contribution is -0.385. The predicted molar refractivity (Wildman–Crippen MR) is 94.3 cm³/mol. The van der Waals surface area contributed by atoms with Crippen LogP contribution in [0.3, 0.4) is 0 Å². The summed E-state index contributed by atoms with van der Waals surface area (Å²) in [6, 6.07) is 5.29. The van der Waals surface area contributed by atoms with Gasteiger partial charge in [-0.3, -0.25) is 14.9 Å². The molecule has 2 rings (SSSR count). The minimum atomic E-state index is -0.451. The molecule has 24 heavy (non-hydrogen) atoms. The van der Waals surface area contributed by atoms with E-state index in [1.165, 1.54) is 31.7 Å². The number of nitro groups is 1. The van der Waals surface area contributed by atoms with Gasteiger partial charge in [0.15, 0.2) is 0 Å². The van der Waals surface area contributed by atoms with E-state index in [-0.39, 0.29) is 11.6 Å². The summed E-state index contributed by atoms with van der Waals surface area (Å²) in [7, 11) is 0. The fraction of sp³-hybridized carbons (Fsp3) is 0.611. The summed E-state index contributed by atoms with van der Waals surface area (Å²) in [5, 5.41) is 13.8. The summed E-state index contributed by atoms with van der Waals surface area (Å²) in [6.45, 7) is 6.58. The number of benzene rings is 1. The summed E-state index contributed by atoms with van der Waals surface area (Å²) >= 11 is 0. The highest BCUT2D eigenvalue weighted by atomic mass is 16.6. The molecule has 0 aromatic heterocycles. The summed E-state index contributed by atoms with van der Waals surface area (Å²) in [4.78, 5) is 25.3. The van der Waals surface area contributed by atoms with Crippen LogP contribution in [0.25, 0.3) is 0 Å². The van der Waals surface area contributed by atoms with Gasteiger partial charge in [-0.2, -0.15) is 0 Å². The summed E-state index contributed by atoms with van der Waals surface area (Å²) in [5.74, 6) is -0.234. The number of piperidine rings is 1. The van der Waals surface area contributed by atoms with Crippen LogP contribution in [-0.2, 0) is 0 Å². The van der Waals surface area contributed by atoms with Gasteiger partial charge < -0.3 is 10.2 Å². The van der Waals surface area contributed by atoms with Crippen molar-refractivity contribution >= 4 is 11.6 Å². The van der Waals surface area contributed by atoms with Gasteiger partial charge in [0.25, 0.3) is 11.6 Å². The quantitative estimate of drug-likeness (QED) is 0.472. The van der Waals surface area contributed by atoms with E-state index in [1.807, 2.05) is 0 Å². The second kappa shape index (κ2) is 8.78. The number of rotatable bonds is 7. The third kappa shape index (κ3) is 4.54. The van der Waals surface area contributed by atoms with E-state index in [4.69, 9.17) is 0 Å². The van der Waals surface area contributed by atoms with Crippen LogP contribution in [0.2, 0.25) is 0 Å². The van der Waals surface area contributed by atoms with Crippen molar-refractivity contribution in [2.24, 2.45) is 0 Å². The van der Waals surface area contributed by atoms with Gasteiger partial charge in [-0.15, -0.1) is 0 Å². The van der Waals surface area contributed by atoms with Crippen molar-refractivity contribution < 1.29 is 9.72 Å². The molecular formula is C18H27N3O3. The standard InChI is InChI=1S/C18H27N3O3/c1-3-15-8-4-5-12-20(15)13-7-11-19-18(22)16-9-6-10-17(14(16)2)21(23)24/h6,9-10,15H,3-5,7-8,11-13H2,1-2H3,(H,19,22)/t15-/m0/s1. The van der Waals surface area contributed by atoms with Gasteiger partial charge in [-0.1, -0.05) is 19.4 Å². The zero-order valence-electron chi connectivity index (χ0n) is 14.6. The molecule has 1 aliphatic rings. The Morgan fingerprint density at radius 2 is 2.21 bits per heavy atom. The Kier molecular flexibility index (Phi) is 6.73. The number of amides is 1.